The Labute approximate surface area is 118 Å². The second-order valence-corrected chi connectivity index (χ2v) is 4.57. The maximum Gasteiger partial charge on any atom is 0.228 e. The highest BCUT2D eigenvalue weighted by Crippen LogP contribution is 2.20. The van der Waals surface area contributed by atoms with E-state index in [-0.39, 0.29) is 30.0 Å². The summed E-state index contributed by atoms with van der Waals surface area (Å²) < 4.78 is 0. The van der Waals surface area contributed by atoms with Crippen molar-refractivity contribution in [2.24, 2.45) is 5.92 Å². The molecular weight excluding hydrogens is 266 g/mol. The third-order valence-electron chi connectivity index (χ3n) is 3.13. The predicted octanol–water partition coefficient (Wildman–Crippen LogP) is 2.03. The van der Waals surface area contributed by atoms with Crippen LogP contribution in [0.2, 0.25) is 0 Å². The minimum Gasteiger partial charge on any atom is -0.363 e. The highest BCUT2D eigenvalue weighted by atomic mass is 35.5. The van der Waals surface area contributed by atoms with Crippen molar-refractivity contribution in [3.8, 4) is 0 Å². The molecule has 2 heterocycles. The zero-order valence-electron chi connectivity index (χ0n) is 11.0. The Hall–Kier alpha value is -1.62. The highest BCUT2D eigenvalue weighted by Gasteiger charge is 2.17. The summed E-state index contributed by atoms with van der Waals surface area (Å²) in [6, 6.07) is 3.57. The third kappa shape index (κ3) is 3.67. The molecule has 0 radical (unpaired) electrons. The number of halogens is 1. The molecule has 0 saturated heterocycles. The van der Waals surface area contributed by atoms with Crippen LogP contribution < -0.4 is 10.6 Å². The molecule has 6 heteroatoms. The number of aromatic nitrogens is 1. The van der Waals surface area contributed by atoms with Crippen LogP contribution in [0.4, 0.5) is 11.6 Å². The maximum atomic E-state index is 11.7. The minimum atomic E-state index is -0.0307. The zero-order chi connectivity index (χ0) is 13.1. The van der Waals surface area contributed by atoms with E-state index in [4.69, 9.17) is 0 Å². The molecule has 104 valence electrons. The smallest absolute Gasteiger partial charge is 0.228 e. The molecule has 1 aromatic rings. The number of anilines is 2. The van der Waals surface area contributed by atoms with Crippen LogP contribution in [0.5, 0.6) is 0 Å². The molecular formula is C13H18ClN3O2. The van der Waals surface area contributed by atoms with Gasteiger partial charge in [-0.25, -0.2) is 4.98 Å². The molecule has 1 aliphatic rings. The first-order valence-electron chi connectivity index (χ1n) is 6.16. The molecule has 0 aromatic carbocycles. The van der Waals surface area contributed by atoms with Gasteiger partial charge in [0.2, 0.25) is 5.91 Å². The van der Waals surface area contributed by atoms with Gasteiger partial charge in [-0.3, -0.25) is 9.59 Å². The molecule has 0 fully saturated rings. The van der Waals surface area contributed by atoms with Gasteiger partial charge in [0.05, 0.1) is 6.54 Å². The van der Waals surface area contributed by atoms with E-state index in [0.717, 1.165) is 12.0 Å². The molecule has 0 spiro atoms. The van der Waals surface area contributed by atoms with E-state index < -0.39 is 0 Å². The van der Waals surface area contributed by atoms with E-state index in [9.17, 15) is 9.59 Å². The van der Waals surface area contributed by atoms with Gasteiger partial charge in [-0.1, -0.05) is 19.9 Å². The normalized spacial score (nSPS) is 14.7. The topological polar surface area (TPSA) is 71.1 Å². The van der Waals surface area contributed by atoms with Gasteiger partial charge < -0.3 is 10.6 Å². The SMILES string of the molecule is CC[C@@H](C)C(=O)Nc1ccc2c(n1)NCC(=O)C2.Cl. The Bertz CT molecular complexity index is 491. The number of amides is 1. The summed E-state index contributed by atoms with van der Waals surface area (Å²) >= 11 is 0. The zero-order valence-corrected chi connectivity index (χ0v) is 11.8. The monoisotopic (exact) mass is 283 g/mol. The molecule has 1 aromatic heterocycles. The fourth-order valence-corrected chi connectivity index (χ4v) is 1.75. The maximum absolute atomic E-state index is 11.7. The van der Waals surface area contributed by atoms with Crippen LogP contribution in [0.1, 0.15) is 25.8 Å². The summed E-state index contributed by atoms with van der Waals surface area (Å²) in [5, 5.41) is 5.74. The first kappa shape index (κ1) is 15.4. The van der Waals surface area contributed by atoms with Gasteiger partial charge in [0.25, 0.3) is 0 Å². The van der Waals surface area contributed by atoms with Crippen molar-refractivity contribution in [1.82, 2.24) is 4.98 Å². The second kappa shape index (κ2) is 6.52. The Balaban J connectivity index is 0.00000180. The van der Waals surface area contributed by atoms with Crippen molar-refractivity contribution in [2.45, 2.75) is 26.7 Å². The first-order chi connectivity index (χ1) is 8.60. The lowest BCUT2D eigenvalue weighted by Crippen LogP contribution is -2.25. The fourth-order valence-electron chi connectivity index (χ4n) is 1.75. The second-order valence-electron chi connectivity index (χ2n) is 4.57. The summed E-state index contributed by atoms with van der Waals surface area (Å²) in [6.07, 6.45) is 1.21. The Morgan fingerprint density at radius 3 is 2.95 bits per heavy atom. The molecule has 1 aliphatic heterocycles. The van der Waals surface area contributed by atoms with Crippen LogP contribution in [0, 0.1) is 5.92 Å². The van der Waals surface area contributed by atoms with Gasteiger partial charge >= 0.3 is 0 Å². The van der Waals surface area contributed by atoms with E-state index in [1.807, 2.05) is 19.9 Å². The Morgan fingerprint density at radius 2 is 2.26 bits per heavy atom. The van der Waals surface area contributed by atoms with E-state index in [1.165, 1.54) is 0 Å². The number of hydrogen-bond donors (Lipinski definition) is 2. The fraction of sp³-hybridized carbons (Fsp3) is 0.462. The number of hydrogen-bond acceptors (Lipinski definition) is 4. The van der Waals surface area contributed by atoms with Crippen LogP contribution in [-0.2, 0) is 16.0 Å². The summed E-state index contributed by atoms with van der Waals surface area (Å²) in [6.45, 7) is 4.16. The quantitative estimate of drug-likeness (QED) is 0.890. The van der Waals surface area contributed by atoms with Crippen molar-refractivity contribution in [1.29, 1.82) is 0 Å². The van der Waals surface area contributed by atoms with Crippen LogP contribution in [-0.4, -0.2) is 23.2 Å². The van der Waals surface area contributed by atoms with Crippen LogP contribution >= 0.6 is 12.4 Å². The average molecular weight is 284 g/mol. The van der Waals surface area contributed by atoms with Gasteiger partial charge in [0.1, 0.15) is 11.6 Å². The van der Waals surface area contributed by atoms with Crippen molar-refractivity contribution in [2.75, 3.05) is 17.2 Å². The van der Waals surface area contributed by atoms with Gasteiger partial charge in [0.15, 0.2) is 5.78 Å². The number of Topliss-reactive ketones (excluding diaryl/α,β-unsaturated/α-hetero) is 1. The van der Waals surface area contributed by atoms with Crippen molar-refractivity contribution < 1.29 is 9.59 Å². The number of carbonyl (C=O) groups is 2. The molecule has 0 unspecified atom stereocenters. The number of carbonyl (C=O) groups excluding carboxylic acids is 2. The Morgan fingerprint density at radius 1 is 1.53 bits per heavy atom. The number of pyridine rings is 1. The minimum absolute atomic E-state index is 0. The molecule has 1 atom stereocenters. The van der Waals surface area contributed by atoms with Crippen LogP contribution in [0.15, 0.2) is 12.1 Å². The standard InChI is InChI=1S/C13H17N3O2.ClH/c1-3-8(2)13(18)16-11-5-4-9-6-10(17)7-14-12(9)15-11;/h4-5,8H,3,6-7H2,1-2H3,(H2,14,15,16,18);1H/t8-;/m1./s1. The van der Waals surface area contributed by atoms with Gasteiger partial charge in [0, 0.05) is 17.9 Å². The molecule has 0 bridgehead atoms. The lowest BCUT2D eigenvalue weighted by atomic mass is 10.1. The average Bonchev–Trinajstić information content (AvgIpc) is 2.38. The van der Waals surface area contributed by atoms with E-state index in [0.29, 0.717) is 24.6 Å². The molecule has 19 heavy (non-hydrogen) atoms. The number of nitrogens with zero attached hydrogens (tertiary/aromatic N) is 1. The van der Waals surface area contributed by atoms with Crippen LogP contribution in [0.3, 0.4) is 0 Å². The summed E-state index contributed by atoms with van der Waals surface area (Å²) in [5.74, 6) is 1.31. The van der Waals surface area contributed by atoms with E-state index >= 15 is 0 Å². The lowest BCUT2D eigenvalue weighted by molar-refractivity contribution is -0.119. The van der Waals surface area contributed by atoms with Crippen LogP contribution in [0.25, 0.3) is 0 Å². The summed E-state index contributed by atoms with van der Waals surface area (Å²) in [7, 11) is 0. The van der Waals surface area contributed by atoms with Gasteiger partial charge in [-0.15, -0.1) is 12.4 Å². The van der Waals surface area contributed by atoms with Crippen molar-refractivity contribution >= 4 is 35.7 Å². The van der Waals surface area contributed by atoms with E-state index in [1.54, 1.807) is 6.07 Å². The predicted molar refractivity (Wildman–Crippen MR) is 76.8 cm³/mol. The number of rotatable bonds is 3. The van der Waals surface area contributed by atoms with Crippen molar-refractivity contribution in [3.05, 3.63) is 17.7 Å². The number of fused-ring (bicyclic) bond motifs is 1. The Kier molecular flexibility index (Phi) is 5.30. The molecule has 5 nitrogen and oxygen atoms in total. The van der Waals surface area contributed by atoms with Gasteiger partial charge in [-0.2, -0.15) is 0 Å². The summed E-state index contributed by atoms with van der Waals surface area (Å²) in [4.78, 5) is 27.3. The number of ketones is 1. The van der Waals surface area contributed by atoms with E-state index in [2.05, 4.69) is 15.6 Å². The third-order valence-corrected chi connectivity index (χ3v) is 3.13. The molecule has 2 N–H and O–H groups in total. The highest BCUT2D eigenvalue weighted by molar-refractivity contribution is 5.92. The number of nitrogens with one attached hydrogen (secondary N) is 2. The summed E-state index contributed by atoms with van der Waals surface area (Å²) in [5.41, 5.74) is 0.882. The molecule has 0 saturated carbocycles. The largest absolute Gasteiger partial charge is 0.363 e. The first-order valence-corrected chi connectivity index (χ1v) is 6.16. The molecule has 2 rings (SSSR count). The van der Waals surface area contributed by atoms with Gasteiger partial charge in [-0.05, 0) is 12.5 Å². The lowest BCUT2D eigenvalue weighted by Gasteiger charge is -2.17. The molecule has 0 aliphatic carbocycles. The molecule has 1 amide bonds. The van der Waals surface area contributed by atoms with Crippen molar-refractivity contribution in [3.63, 3.8) is 0 Å².